The molecule has 0 aliphatic carbocycles. The molecule has 0 unspecified atom stereocenters. The van der Waals surface area contributed by atoms with Crippen molar-refractivity contribution in [2.75, 3.05) is 6.54 Å². The lowest BCUT2D eigenvalue weighted by Gasteiger charge is -2.35. The summed E-state index contributed by atoms with van der Waals surface area (Å²) in [7, 11) is 1.89. The highest BCUT2D eigenvalue weighted by Crippen LogP contribution is 2.36. The van der Waals surface area contributed by atoms with Crippen LogP contribution in [0, 0.1) is 5.82 Å². The summed E-state index contributed by atoms with van der Waals surface area (Å²) >= 11 is 0. The minimum Gasteiger partial charge on any atom is -0.334 e. The molecule has 0 spiro atoms. The average Bonchev–Trinajstić information content (AvgIpc) is 3.12. The number of hydrogen-bond donors (Lipinski definition) is 0. The number of pyridine rings is 1. The van der Waals surface area contributed by atoms with Crippen LogP contribution in [0.5, 0.6) is 0 Å². The smallest absolute Gasteiger partial charge is 0.227 e. The van der Waals surface area contributed by atoms with E-state index in [1.54, 1.807) is 35.3 Å². The van der Waals surface area contributed by atoms with E-state index in [9.17, 15) is 9.18 Å². The van der Waals surface area contributed by atoms with E-state index in [0.29, 0.717) is 12.1 Å². The summed E-state index contributed by atoms with van der Waals surface area (Å²) in [5, 5.41) is 4.70. The number of aromatic nitrogens is 3. The highest BCUT2D eigenvalue weighted by molar-refractivity contribution is 5.80. The van der Waals surface area contributed by atoms with Gasteiger partial charge in [0.2, 0.25) is 5.91 Å². The summed E-state index contributed by atoms with van der Waals surface area (Å²) in [6, 6.07) is 10.3. The summed E-state index contributed by atoms with van der Waals surface area (Å²) in [6.45, 7) is 0.671. The molecule has 0 N–H and O–H groups in total. The first kappa shape index (κ1) is 18.3. The Kier molecular flexibility index (Phi) is 5.19. The summed E-state index contributed by atoms with van der Waals surface area (Å²) < 4.78 is 15.8. The number of halogens is 1. The van der Waals surface area contributed by atoms with Crippen LogP contribution in [0.4, 0.5) is 4.39 Å². The van der Waals surface area contributed by atoms with Gasteiger partial charge in [-0.15, -0.1) is 0 Å². The van der Waals surface area contributed by atoms with E-state index >= 15 is 0 Å². The molecule has 144 valence electrons. The lowest BCUT2D eigenvalue weighted by molar-refractivity contribution is -0.134. The lowest BCUT2D eigenvalue weighted by Crippen LogP contribution is -2.40. The fourth-order valence-electron chi connectivity index (χ4n) is 3.93. The molecule has 5 nitrogen and oxygen atoms in total. The Labute approximate surface area is 163 Å². The Hall–Kier alpha value is -3.02. The van der Waals surface area contributed by atoms with Crippen LogP contribution in [0.3, 0.4) is 0 Å². The van der Waals surface area contributed by atoms with Crippen LogP contribution in [-0.4, -0.2) is 32.1 Å². The van der Waals surface area contributed by atoms with E-state index < -0.39 is 0 Å². The van der Waals surface area contributed by atoms with Gasteiger partial charge in [-0.1, -0.05) is 18.2 Å². The van der Waals surface area contributed by atoms with Crippen LogP contribution < -0.4 is 0 Å². The maximum atomic E-state index is 14.0. The number of hydrogen-bond acceptors (Lipinski definition) is 3. The summed E-state index contributed by atoms with van der Waals surface area (Å²) in [5.74, 6) is -0.388. The normalized spacial score (nSPS) is 16.9. The van der Waals surface area contributed by atoms with Crippen molar-refractivity contribution in [2.24, 2.45) is 7.05 Å². The maximum Gasteiger partial charge on any atom is 0.227 e. The molecule has 1 aliphatic rings. The zero-order valence-electron chi connectivity index (χ0n) is 15.9. The van der Waals surface area contributed by atoms with Gasteiger partial charge in [-0.05, 0) is 48.6 Å². The molecule has 4 rings (SSSR count). The topological polar surface area (TPSA) is 51.0 Å². The third-order valence-corrected chi connectivity index (χ3v) is 5.29. The zero-order chi connectivity index (χ0) is 19.5. The van der Waals surface area contributed by atoms with E-state index in [0.717, 1.165) is 36.1 Å². The first-order valence-corrected chi connectivity index (χ1v) is 9.60. The molecule has 1 atom stereocenters. The Morgan fingerprint density at radius 3 is 2.75 bits per heavy atom. The molecule has 1 saturated heterocycles. The molecule has 28 heavy (non-hydrogen) atoms. The van der Waals surface area contributed by atoms with Crippen LogP contribution in [0.1, 0.15) is 36.6 Å². The Morgan fingerprint density at radius 2 is 1.96 bits per heavy atom. The van der Waals surface area contributed by atoms with Gasteiger partial charge in [-0.3, -0.25) is 14.5 Å². The minimum absolute atomic E-state index is 0.0545. The van der Waals surface area contributed by atoms with E-state index in [-0.39, 0.29) is 24.2 Å². The van der Waals surface area contributed by atoms with Crippen LogP contribution in [-0.2, 0) is 18.3 Å². The maximum absolute atomic E-state index is 14.0. The second-order valence-electron chi connectivity index (χ2n) is 7.20. The molecule has 1 aromatic carbocycles. The number of piperidine rings is 1. The number of nitrogens with zero attached hydrogens (tertiary/aromatic N) is 4. The fraction of sp³-hybridized carbons (Fsp3) is 0.318. The summed E-state index contributed by atoms with van der Waals surface area (Å²) in [4.78, 5) is 19.0. The number of aryl methyl sites for hydroxylation is 1. The fourth-order valence-corrected chi connectivity index (χ4v) is 3.93. The molecular formula is C22H23FN4O. The Morgan fingerprint density at radius 1 is 1.18 bits per heavy atom. The molecule has 1 fully saturated rings. The lowest BCUT2D eigenvalue weighted by atomic mass is 9.94. The average molecular weight is 378 g/mol. The van der Waals surface area contributed by atoms with E-state index in [1.165, 1.54) is 6.07 Å². The van der Waals surface area contributed by atoms with Gasteiger partial charge in [0, 0.05) is 37.7 Å². The quantitative estimate of drug-likeness (QED) is 0.691. The van der Waals surface area contributed by atoms with E-state index in [4.69, 9.17) is 5.10 Å². The number of amides is 1. The molecule has 3 heterocycles. The van der Waals surface area contributed by atoms with Crippen molar-refractivity contribution in [3.63, 3.8) is 0 Å². The molecule has 0 saturated carbocycles. The van der Waals surface area contributed by atoms with Gasteiger partial charge >= 0.3 is 0 Å². The van der Waals surface area contributed by atoms with E-state index in [1.807, 2.05) is 30.3 Å². The molecule has 3 aromatic rings. The van der Waals surface area contributed by atoms with E-state index in [2.05, 4.69) is 4.98 Å². The standard InChI is InChI=1S/C22H23FN4O/c1-26-15-18(16-9-11-24-12-10-16)22(25-26)20-8-4-5-13-27(20)21(28)14-17-6-2-3-7-19(17)23/h2-3,6-7,9-12,15,20H,4-5,8,13-14H2,1H3/t20-/m0/s1. The third-order valence-electron chi connectivity index (χ3n) is 5.29. The molecule has 2 aromatic heterocycles. The monoisotopic (exact) mass is 378 g/mol. The van der Waals surface area contributed by atoms with Gasteiger partial charge in [0.1, 0.15) is 5.82 Å². The van der Waals surface area contributed by atoms with Gasteiger partial charge in [-0.25, -0.2) is 4.39 Å². The van der Waals surface area contributed by atoms with Gasteiger partial charge in [0.05, 0.1) is 18.2 Å². The van der Waals surface area contributed by atoms with Crippen molar-refractivity contribution >= 4 is 5.91 Å². The predicted octanol–water partition coefficient (Wildman–Crippen LogP) is 3.92. The van der Waals surface area contributed by atoms with Crippen LogP contribution in [0.25, 0.3) is 11.1 Å². The second kappa shape index (κ2) is 7.92. The van der Waals surface area contributed by atoms with Crippen LogP contribution >= 0.6 is 0 Å². The largest absolute Gasteiger partial charge is 0.334 e. The SMILES string of the molecule is Cn1cc(-c2ccncc2)c([C@@H]2CCCCN2C(=O)Cc2ccccc2F)n1. The van der Waals surface area contributed by atoms with Gasteiger partial charge in [-0.2, -0.15) is 5.10 Å². The Balaban J connectivity index is 1.65. The summed E-state index contributed by atoms with van der Waals surface area (Å²) in [5.41, 5.74) is 3.38. The van der Waals surface area contributed by atoms with Crippen molar-refractivity contribution in [1.29, 1.82) is 0 Å². The highest BCUT2D eigenvalue weighted by Gasteiger charge is 2.32. The summed E-state index contributed by atoms with van der Waals surface area (Å²) in [6.07, 6.45) is 8.43. The van der Waals surface area contributed by atoms with Crippen molar-refractivity contribution in [3.8, 4) is 11.1 Å². The molecular weight excluding hydrogens is 355 g/mol. The van der Waals surface area contributed by atoms with Crippen LogP contribution in [0.15, 0.2) is 55.0 Å². The molecule has 1 aliphatic heterocycles. The highest BCUT2D eigenvalue weighted by atomic mass is 19.1. The van der Waals surface area contributed by atoms with Crippen molar-refractivity contribution in [2.45, 2.75) is 31.7 Å². The molecule has 0 bridgehead atoms. The molecule has 6 heteroatoms. The number of benzene rings is 1. The van der Waals surface area contributed by atoms with Crippen molar-refractivity contribution in [3.05, 3.63) is 72.1 Å². The van der Waals surface area contributed by atoms with Crippen molar-refractivity contribution in [1.82, 2.24) is 19.7 Å². The number of rotatable bonds is 4. The van der Waals surface area contributed by atoms with Gasteiger partial charge < -0.3 is 4.90 Å². The predicted molar refractivity (Wildman–Crippen MR) is 105 cm³/mol. The third kappa shape index (κ3) is 3.67. The van der Waals surface area contributed by atoms with Gasteiger partial charge in [0.15, 0.2) is 0 Å². The molecule has 0 radical (unpaired) electrons. The van der Waals surface area contributed by atoms with Crippen LogP contribution in [0.2, 0.25) is 0 Å². The second-order valence-corrected chi connectivity index (χ2v) is 7.20. The molecule has 1 amide bonds. The minimum atomic E-state index is -0.334. The number of likely N-dealkylation sites (tertiary alicyclic amines) is 1. The first-order chi connectivity index (χ1) is 13.6. The first-order valence-electron chi connectivity index (χ1n) is 9.60. The zero-order valence-corrected chi connectivity index (χ0v) is 15.9. The van der Waals surface area contributed by atoms with Gasteiger partial charge in [0.25, 0.3) is 0 Å². The van der Waals surface area contributed by atoms with Crippen molar-refractivity contribution < 1.29 is 9.18 Å². The number of carbonyl (C=O) groups is 1. The number of carbonyl (C=O) groups excluding carboxylic acids is 1. The Bertz CT molecular complexity index is 970.